The summed E-state index contributed by atoms with van der Waals surface area (Å²) in [6.45, 7) is 1.45. The van der Waals surface area contributed by atoms with Crippen LogP contribution >= 0.6 is 0 Å². The Balaban J connectivity index is 1.26. The number of hydrogen-bond acceptors (Lipinski definition) is 7. The van der Waals surface area contributed by atoms with Crippen LogP contribution in [0.15, 0.2) is 12.3 Å². The lowest BCUT2D eigenvalue weighted by molar-refractivity contribution is -0.146. The van der Waals surface area contributed by atoms with Crippen molar-refractivity contribution in [1.29, 1.82) is 0 Å². The number of nitrogens with one attached hydrogen (secondary N) is 1. The second-order valence-electron chi connectivity index (χ2n) is 10.5. The van der Waals surface area contributed by atoms with Crippen molar-refractivity contribution in [3.63, 3.8) is 0 Å². The van der Waals surface area contributed by atoms with Gasteiger partial charge in [-0.3, -0.25) is 4.79 Å². The number of hydrogen-bond donors (Lipinski definition) is 1. The van der Waals surface area contributed by atoms with Crippen LogP contribution in [0.4, 0.5) is 27.8 Å². The highest BCUT2D eigenvalue weighted by Gasteiger charge is 2.54. The van der Waals surface area contributed by atoms with Crippen LogP contribution in [-0.2, 0) is 20.4 Å². The maximum atomic E-state index is 13.8. The molecule has 1 N–H and O–H groups in total. The average Bonchev–Trinajstić information content (AvgIpc) is 3.59. The van der Waals surface area contributed by atoms with Crippen molar-refractivity contribution >= 4 is 11.7 Å². The SMILES string of the molecule is [2H]CO[C@@H]1COCC[C@@H]1N[C@@H]1CC[C@](CC(F)F)(C(=O)N2C[C@@H]3C[C@H]2CN3c2ccnc(C(F)(F)F)n2)C1. The third-order valence-electron chi connectivity index (χ3n) is 8.27. The molecule has 1 saturated carbocycles. The molecule has 2 bridgehead atoms. The van der Waals surface area contributed by atoms with E-state index in [1.165, 1.54) is 6.07 Å². The molecule has 5 rings (SSSR count). The van der Waals surface area contributed by atoms with Crippen LogP contribution < -0.4 is 10.2 Å². The fraction of sp³-hybridized carbons (Fsp3) is 0.792. The maximum absolute atomic E-state index is 13.8. The summed E-state index contributed by atoms with van der Waals surface area (Å²) in [6.07, 6.45) is -4.66. The highest BCUT2D eigenvalue weighted by atomic mass is 19.4. The average molecular weight is 535 g/mol. The maximum Gasteiger partial charge on any atom is 0.451 e. The highest BCUT2D eigenvalue weighted by Crippen LogP contribution is 2.47. The van der Waals surface area contributed by atoms with E-state index in [1.807, 2.05) is 0 Å². The fourth-order valence-electron chi connectivity index (χ4n) is 6.55. The number of amides is 1. The van der Waals surface area contributed by atoms with E-state index < -0.39 is 30.3 Å². The van der Waals surface area contributed by atoms with Gasteiger partial charge in [0.15, 0.2) is 0 Å². The molecule has 1 aromatic rings. The van der Waals surface area contributed by atoms with Crippen molar-refractivity contribution < 1.29 is 37.6 Å². The standard InChI is InChI=1S/C24H32F5N5O3/c1-36-18-13-37-7-4-17(18)31-14-2-5-23(9-14,10-19(25)26)22(35)34-12-15-8-16(34)11-33(15)20-3-6-30-21(32-20)24(27,28)29/h3,6,14-19,31H,2,4-5,7-13H2,1H3/t14-,15+,16+,17+,18-,23+/m1/s1/i1D. The predicted octanol–water partition coefficient (Wildman–Crippen LogP) is 2.87. The fourth-order valence-corrected chi connectivity index (χ4v) is 6.55. The number of rotatable bonds is 7. The Bertz CT molecular complexity index is 1000. The van der Waals surface area contributed by atoms with Gasteiger partial charge in [-0.2, -0.15) is 13.2 Å². The van der Waals surface area contributed by atoms with Crippen molar-refractivity contribution in [3.05, 3.63) is 18.1 Å². The first-order chi connectivity index (χ1) is 18.1. The molecule has 8 nitrogen and oxygen atoms in total. The van der Waals surface area contributed by atoms with Gasteiger partial charge in [0.2, 0.25) is 18.2 Å². The molecule has 13 heteroatoms. The molecule has 6 atom stereocenters. The lowest BCUT2D eigenvalue weighted by Crippen LogP contribution is -2.54. The smallest absolute Gasteiger partial charge is 0.379 e. The van der Waals surface area contributed by atoms with Crippen molar-refractivity contribution in [2.75, 3.05) is 38.3 Å². The number of methoxy groups -OCH3 is 1. The number of halogens is 5. The van der Waals surface area contributed by atoms with Crippen LogP contribution in [0.25, 0.3) is 0 Å². The zero-order valence-corrected chi connectivity index (χ0v) is 20.3. The van der Waals surface area contributed by atoms with Crippen LogP contribution in [0.1, 0.15) is 45.7 Å². The Labute approximate surface area is 213 Å². The number of carbonyl (C=O) groups is 1. The first kappa shape index (κ1) is 25.2. The molecule has 1 aliphatic carbocycles. The lowest BCUT2D eigenvalue weighted by atomic mass is 9.80. The van der Waals surface area contributed by atoms with E-state index in [9.17, 15) is 26.7 Å². The minimum Gasteiger partial charge on any atom is -0.379 e. The quantitative estimate of drug-likeness (QED) is 0.539. The zero-order chi connectivity index (χ0) is 27.1. The molecule has 206 valence electrons. The van der Waals surface area contributed by atoms with Gasteiger partial charge >= 0.3 is 6.18 Å². The first-order valence-electron chi connectivity index (χ1n) is 13.3. The number of alkyl halides is 5. The monoisotopic (exact) mass is 534 g/mol. The van der Waals surface area contributed by atoms with Crippen molar-refractivity contribution in [1.82, 2.24) is 20.2 Å². The van der Waals surface area contributed by atoms with Crippen molar-refractivity contribution in [2.45, 2.75) is 81.4 Å². The molecular weight excluding hydrogens is 501 g/mol. The minimum absolute atomic E-state index is 0.0811. The predicted molar refractivity (Wildman–Crippen MR) is 122 cm³/mol. The highest BCUT2D eigenvalue weighted by molar-refractivity contribution is 5.84. The van der Waals surface area contributed by atoms with Gasteiger partial charge in [-0.05, 0) is 38.2 Å². The van der Waals surface area contributed by atoms with E-state index in [2.05, 4.69) is 15.3 Å². The summed E-state index contributed by atoms with van der Waals surface area (Å²) in [5, 5.41) is 3.49. The summed E-state index contributed by atoms with van der Waals surface area (Å²) >= 11 is 0. The zero-order valence-electron chi connectivity index (χ0n) is 21.3. The number of carbonyl (C=O) groups excluding carboxylic acids is 1. The molecule has 37 heavy (non-hydrogen) atoms. The second-order valence-corrected chi connectivity index (χ2v) is 10.5. The molecular formula is C24H32F5N5O3. The van der Waals surface area contributed by atoms with Crippen LogP contribution in [0.5, 0.6) is 0 Å². The Hall–Kier alpha value is -2.12. The van der Waals surface area contributed by atoms with Crippen LogP contribution in [0.3, 0.4) is 0 Å². The molecule has 0 unspecified atom stereocenters. The van der Waals surface area contributed by atoms with Crippen molar-refractivity contribution in [2.24, 2.45) is 5.41 Å². The third-order valence-corrected chi connectivity index (χ3v) is 8.27. The molecule has 1 amide bonds. The Morgan fingerprint density at radius 3 is 2.89 bits per heavy atom. The van der Waals surface area contributed by atoms with Crippen LogP contribution in [-0.4, -0.2) is 90.9 Å². The first-order valence-corrected chi connectivity index (χ1v) is 12.6. The van der Waals surface area contributed by atoms with Crippen molar-refractivity contribution in [3.8, 4) is 0 Å². The van der Waals surface area contributed by atoms with Gasteiger partial charge in [0, 0.05) is 51.5 Å². The molecule has 3 aliphatic heterocycles. The largest absolute Gasteiger partial charge is 0.451 e. The van der Waals surface area contributed by atoms with Gasteiger partial charge in [0.05, 0.1) is 31.6 Å². The number of likely N-dealkylation sites (tertiary alicyclic amines) is 1. The number of nitrogens with zero attached hydrogens (tertiary/aromatic N) is 4. The summed E-state index contributed by atoms with van der Waals surface area (Å²) in [7, 11) is -0.203. The molecule has 4 heterocycles. The van der Waals surface area contributed by atoms with E-state index in [4.69, 9.17) is 10.8 Å². The van der Waals surface area contributed by atoms with Crippen LogP contribution in [0.2, 0.25) is 0 Å². The van der Waals surface area contributed by atoms with E-state index in [0.29, 0.717) is 45.4 Å². The molecule has 0 radical (unpaired) electrons. The Morgan fingerprint density at radius 1 is 1.35 bits per heavy atom. The lowest BCUT2D eigenvalue weighted by Gasteiger charge is -2.40. The third kappa shape index (κ3) is 5.26. The van der Waals surface area contributed by atoms with E-state index >= 15 is 0 Å². The number of piperazine rings is 1. The molecule has 0 aromatic carbocycles. The summed E-state index contributed by atoms with van der Waals surface area (Å²) < 4.78 is 85.1. The summed E-state index contributed by atoms with van der Waals surface area (Å²) in [6, 6.07) is 0.687. The summed E-state index contributed by atoms with van der Waals surface area (Å²) in [4.78, 5) is 24.2. The normalized spacial score (nSPS) is 34.4. The Kier molecular flexibility index (Phi) is 6.95. The number of anilines is 1. The second kappa shape index (κ2) is 10.2. The number of aromatic nitrogens is 2. The minimum atomic E-state index is -4.66. The van der Waals surface area contributed by atoms with E-state index in [-0.39, 0.29) is 62.0 Å². The van der Waals surface area contributed by atoms with Gasteiger partial charge in [-0.1, -0.05) is 0 Å². The summed E-state index contributed by atoms with van der Waals surface area (Å²) in [5.74, 6) is -1.36. The molecule has 3 saturated heterocycles. The molecule has 4 fully saturated rings. The van der Waals surface area contributed by atoms with Gasteiger partial charge in [0.25, 0.3) is 0 Å². The van der Waals surface area contributed by atoms with Crippen LogP contribution in [0, 0.1) is 5.41 Å². The topological polar surface area (TPSA) is 79.8 Å². The Morgan fingerprint density at radius 2 is 2.19 bits per heavy atom. The molecule has 1 aromatic heterocycles. The number of fused-ring (bicyclic) bond motifs is 2. The van der Waals surface area contributed by atoms with Gasteiger partial charge in [-0.15, -0.1) is 0 Å². The summed E-state index contributed by atoms with van der Waals surface area (Å²) in [5.41, 5.74) is -1.20. The van der Waals surface area contributed by atoms with E-state index in [0.717, 1.165) is 6.20 Å². The number of ether oxygens (including phenoxy) is 2. The van der Waals surface area contributed by atoms with Gasteiger partial charge < -0.3 is 24.6 Å². The molecule has 0 spiro atoms. The van der Waals surface area contributed by atoms with Gasteiger partial charge in [0.1, 0.15) is 5.82 Å². The molecule has 4 aliphatic rings. The van der Waals surface area contributed by atoms with Gasteiger partial charge in [-0.25, -0.2) is 18.7 Å². The van der Waals surface area contributed by atoms with E-state index in [1.54, 1.807) is 9.80 Å².